The summed E-state index contributed by atoms with van der Waals surface area (Å²) >= 11 is 15.6. The highest BCUT2D eigenvalue weighted by Crippen LogP contribution is 2.34. The van der Waals surface area contributed by atoms with Crippen LogP contribution in [0.25, 0.3) is 17.3 Å². The molecule has 0 aliphatic rings. The monoisotopic (exact) mass is 555 g/mol. The lowest BCUT2D eigenvalue weighted by molar-refractivity contribution is 0.0935. The Hall–Kier alpha value is -3.11. The fourth-order valence-electron chi connectivity index (χ4n) is 3.51. The third-order valence-corrected chi connectivity index (χ3v) is 7.81. The second kappa shape index (κ2) is 10.9. The number of thiazole rings is 1. The lowest BCUT2D eigenvalue weighted by atomic mass is 10.1. The predicted molar refractivity (Wildman–Crippen MR) is 143 cm³/mol. The normalized spacial score (nSPS) is 12.0. The number of carbonyl (C=O) groups is 1. The third kappa shape index (κ3) is 5.34. The zero-order valence-corrected chi connectivity index (χ0v) is 22.0. The van der Waals surface area contributed by atoms with E-state index in [0.717, 1.165) is 10.6 Å². The van der Waals surface area contributed by atoms with Crippen LogP contribution in [-0.2, 0) is 5.75 Å². The first-order chi connectivity index (χ1) is 17.5. The molecule has 0 spiro atoms. The predicted octanol–water partition coefficient (Wildman–Crippen LogP) is 7.07. The number of thioether (sulfide) groups is 1. The fraction of sp³-hybridized carbons (Fsp3) is 0.120. The van der Waals surface area contributed by atoms with Crippen LogP contribution in [0.4, 0.5) is 0 Å². The van der Waals surface area contributed by atoms with Crippen molar-refractivity contribution in [3.63, 3.8) is 0 Å². The number of benzene rings is 2. The highest BCUT2D eigenvalue weighted by Gasteiger charge is 2.21. The SMILES string of the molecule is CC(NC(=O)c1csc(CSc2nnc(-c3ccco3)n2-c2cc(Cl)ccc2Cl)n1)c1ccccc1. The molecule has 3 aromatic heterocycles. The number of aromatic nitrogens is 4. The molecule has 2 aromatic carbocycles. The average molecular weight is 557 g/mol. The van der Waals surface area contributed by atoms with E-state index in [1.807, 2.05) is 37.3 Å². The van der Waals surface area contributed by atoms with Gasteiger partial charge >= 0.3 is 0 Å². The number of halogens is 2. The summed E-state index contributed by atoms with van der Waals surface area (Å²) in [7, 11) is 0. The van der Waals surface area contributed by atoms with E-state index in [-0.39, 0.29) is 11.9 Å². The van der Waals surface area contributed by atoms with Crippen LogP contribution >= 0.6 is 46.3 Å². The third-order valence-electron chi connectivity index (χ3n) is 5.28. The van der Waals surface area contributed by atoms with Gasteiger partial charge in [-0.1, -0.05) is 65.3 Å². The van der Waals surface area contributed by atoms with Crippen molar-refractivity contribution in [2.75, 3.05) is 0 Å². The van der Waals surface area contributed by atoms with Gasteiger partial charge in [0.2, 0.25) is 5.82 Å². The standard InChI is InChI=1S/C25H19Cl2N5O2S2/c1-15(16-6-3-2-4-7-16)28-24(33)19-13-35-22(29-19)14-36-25-31-30-23(21-8-5-11-34-21)32(25)20-12-17(26)9-10-18(20)27/h2-13,15H,14H2,1H3,(H,28,33). The van der Waals surface area contributed by atoms with E-state index in [1.165, 1.54) is 23.1 Å². The van der Waals surface area contributed by atoms with Gasteiger partial charge in [-0.05, 0) is 42.8 Å². The van der Waals surface area contributed by atoms with Crippen molar-refractivity contribution in [2.24, 2.45) is 0 Å². The van der Waals surface area contributed by atoms with Gasteiger partial charge in [-0.2, -0.15) is 0 Å². The van der Waals surface area contributed by atoms with Crippen molar-refractivity contribution in [2.45, 2.75) is 23.9 Å². The molecular formula is C25H19Cl2N5O2S2. The Balaban J connectivity index is 1.34. The number of hydrogen-bond donors (Lipinski definition) is 1. The Labute approximate surface area is 225 Å². The molecular weight excluding hydrogens is 537 g/mol. The molecule has 7 nitrogen and oxygen atoms in total. The lowest BCUT2D eigenvalue weighted by Gasteiger charge is -2.13. The van der Waals surface area contributed by atoms with Gasteiger partial charge in [-0.3, -0.25) is 9.36 Å². The molecule has 0 saturated heterocycles. The van der Waals surface area contributed by atoms with Gasteiger partial charge in [-0.15, -0.1) is 21.5 Å². The Bertz CT molecular complexity index is 1490. The molecule has 0 aliphatic heterocycles. The number of hydrogen-bond acceptors (Lipinski definition) is 7. The largest absolute Gasteiger partial charge is 0.461 e. The smallest absolute Gasteiger partial charge is 0.271 e. The average Bonchev–Trinajstić information content (AvgIpc) is 3.65. The summed E-state index contributed by atoms with van der Waals surface area (Å²) in [5, 5.41) is 15.8. The zero-order chi connectivity index (χ0) is 25.1. The molecule has 11 heteroatoms. The Morgan fingerprint density at radius 3 is 2.75 bits per heavy atom. The number of furan rings is 1. The first kappa shape index (κ1) is 24.6. The minimum Gasteiger partial charge on any atom is -0.461 e. The number of nitrogens with zero attached hydrogens (tertiary/aromatic N) is 4. The summed E-state index contributed by atoms with van der Waals surface area (Å²) in [6, 6.07) is 18.5. The summed E-state index contributed by atoms with van der Waals surface area (Å²) in [6.07, 6.45) is 1.57. The molecule has 0 fully saturated rings. The van der Waals surface area contributed by atoms with E-state index in [2.05, 4.69) is 20.5 Å². The molecule has 3 heterocycles. The summed E-state index contributed by atoms with van der Waals surface area (Å²) in [5.41, 5.74) is 2.05. The van der Waals surface area contributed by atoms with Crippen molar-refractivity contribution in [3.05, 3.63) is 98.6 Å². The molecule has 1 unspecified atom stereocenters. The highest BCUT2D eigenvalue weighted by atomic mass is 35.5. The summed E-state index contributed by atoms with van der Waals surface area (Å²) < 4.78 is 7.36. The zero-order valence-electron chi connectivity index (χ0n) is 18.9. The summed E-state index contributed by atoms with van der Waals surface area (Å²) in [5.74, 6) is 1.32. The van der Waals surface area contributed by atoms with Gasteiger partial charge in [0.15, 0.2) is 10.9 Å². The first-order valence-electron chi connectivity index (χ1n) is 10.9. The minimum absolute atomic E-state index is 0.126. The number of carbonyl (C=O) groups excluding carboxylic acids is 1. The molecule has 0 bridgehead atoms. The maximum Gasteiger partial charge on any atom is 0.271 e. The van der Waals surface area contributed by atoms with E-state index in [9.17, 15) is 4.79 Å². The van der Waals surface area contributed by atoms with Crippen LogP contribution < -0.4 is 5.32 Å². The first-order valence-corrected chi connectivity index (χ1v) is 13.5. The summed E-state index contributed by atoms with van der Waals surface area (Å²) in [4.78, 5) is 17.2. The number of amides is 1. The van der Waals surface area contributed by atoms with Gasteiger partial charge in [0, 0.05) is 10.4 Å². The molecule has 1 amide bonds. The fourth-order valence-corrected chi connectivity index (χ4v) is 5.61. The Morgan fingerprint density at radius 2 is 1.97 bits per heavy atom. The quantitative estimate of drug-likeness (QED) is 0.206. The highest BCUT2D eigenvalue weighted by molar-refractivity contribution is 7.98. The van der Waals surface area contributed by atoms with Gasteiger partial charge in [0.1, 0.15) is 10.7 Å². The van der Waals surface area contributed by atoms with E-state index in [4.69, 9.17) is 27.6 Å². The van der Waals surface area contributed by atoms with Crippen LogP contribution in [-0.4, -0.2) is 25.7 Å². The maximum absolute atomic E-state index is 12.7. The van der Waals surface area contributed by atoms with Crippen LogP contribution in [0.3, 0.4) is 0 Å². The molecule has 5 rings (SSSR count). The van der Waals surface area contributed by atoms with Crippen molar-refractivity contribution >= 4 is 52.2 Å². The maximum atomic E-state index is 12.7. The molecule has 36 heavy (non-hydrogen) atoms. The van der Waals surface area contributed by atoms with E-state index in [1.54, 1.807) is 46.5 Å². The van der Waals surface area contributed by atoms with Gasteiger partial charge in [-0.25, -0.2) is 4.98 Å². The molecule has 0 radical (unpaired) electrons. The van der Waals surface area contributed by atoms with Crippen LogP contribution in [0.2, 0.25) is 10.0 Å². The molecule has 0 aliphatic carbocycles. The van der Waals surface area contributed by atoms with Crippen LogP contribution in [0, 0.1) is 0 Å². The molecule has 5 aromatic rings. The second-order valence-corrected chi connectivity index (χ2v) is 10.5. The van der Waals surface area contributed by atoms with E-state index >= 15 is 0 Å². The Morgan fingerprint density at radius 1 is 1.14 bits per heavy atom. The van der Waals surface area contributed by atoms with Gasteiger partial charge < -0.3 is 9.73 Å². The molecule has 182 valence electrons. The molecule has 1 N–H and O–H groups in total. The number of nitrogens with one attached hydrogen (secondary N) is 1. The van der Waals surface area contributed by atoms with Gasteiger partial charge in [0.25, 0.3) is 5.91 Å². The van der Waals surface area contributed by atoms with Gasteiger partial charge in [0.05, 0.1) is 28.8 Å². The molecule has 1 atom stereocenters. The van der Waals surface area contributed by atoms with Crippen LogP contribution in [0.5, 0.6) is 0 Å². The van der Waals surface area contributed by atoms with Crippen LogP contribution in [0.1, 0.15) is 34.0 Å². The van der Waals surface area contributed by atoms with Crippen LogP contribution in [0.15, 0.2) is 81.9 Å². The van der Waals surface area contributed by atoms with E-state index < -0.39 is 0 Å². The Kier molecular flexibility index (Phi) is 7.43. The van der Waals surface area contributed by atoms with Crippen molar-refractivity contribution in [3.8, 4) is 17.3 Å². The number of rotatable bonds is 8. The summed E-state index contributed by atoms with van der Waals surface area (Å²) in [6.45, 7) is 1.95. The van der Waals surface area contributed by atoms with Crippen molar-refractivity contribution in [1.29, 1.82) is 0 Å². The van der Waals surface area contributed by atoms with Crippen molar-refractivity contribution < 1.29 is 9.21 Å². The minimum atomic E-state index is -0.215. The topological polar surface area (TPSA) is 85.8 Å². The van der Waals surface area contributed by atoms with Crippen molar-refractivity contribution in [1.82, 2.24) is 25.1 Å². The lowest BCUT2D eigenvalue weighted by Crippen LogP contribution is -2.26. The van der Waals surface area contributed by atoms with E-state index in [0.29, 0.717) is 43.9 Å². The molecule has 0 saturated carbocycles. The second-order valence-electron chi connectivity index (χ2n) is 7.74.